The number of carbonyl (C=O) groups is 1. The third-order valence-electron chi connectivity index (χ3n) is 5.03. The average molecular weight is 446 g/mol. The van der Waals surface area contributed by atoms with Gasteiger partial charge in [0.1, 0.15) is 0 Å². The van der Waals surface area contributed by atoms with Gasteiger partial charge in [-0.1, -0.05) is 96.8 Å². The second-order valence-electron chi connectivity index (χ2n) is 7.57. The molecule has 156 valence electrons. The van der Waals surface area contributed by atoms with Crippen LogP contribution in [0, 0.1) is 5.92 Å². The molecule has 0 saturated carbocycles. The summed E-state index contributed by atoms with van der Waals surface area (Å²) in [6.45, 7) is 2.26. The molecule has 6 heteroatoms. The lowest BCUT2D eigenvalue weighted by molar-refractivity contribution is -0.142. The molecule has 0 amide bonds. The van der Waals surface area contributed by atoms with Gasteiger partial charge in [-0.3, -0.25) is 4.79 Å². The highest BCUT2D eigenvalue weighted by molar-refractivity contribution is 7.64. The zero-order valence-electron chi connectivity index (χ0n) is 16.6. The van der Waals surface area contributed by atoms with Gasteiger partial charge in [0.2, 0.25) is 0 Å². The van der Waals surface area contributed by atoms with Crippen LogP contribution in [0.15, 0.2) is 0 Å². The van der Waals surface area contributed by atoms with Crippen molar-refractivity contribution >= 4 is 45.2 Å². The molecule has 0 rings (SSSR count). The molecule has 1 atom stereocenters. The van der Waals surface area contributed by atoms with E-state index in [1.165, 1.54) is 77.0 Å². The molecule has 0 fully saturated rings. The molecule has 0 aromatic rings. The summed E-state index contributed by atoms with van der Waals surface area (Å²) in [4.78, 5) is 11.3. The summed E-state index contributed by atoms with van der Waals surface area (Å²) in [6.07, 6.45) is 19.5. The summed E-state index contributed by atoms with van der Waals surface area (Å²) in [5.41, 5.74) is 0. The fraction of sp³-hybridized carbons (Fsp3) is 0.950. The zero-order chi connectivity index (χ0) is 19.7. The molecule has 0 aliphatic carbocycles. The Morgan fingerprint density at radius 3 is 1.46 bits per heavy atom. The van der Waals surface area contributed by atoms with E-state index in [1.54, 1.807) is 0 Å². The van der Waals surface area contributed by atoms with Gasteiger partial charge in [0.05, 0.1) is 5.92 Å². The number of hydrogen-bond donors (Lipinski definition) is 1. The van der Waals surface area contributed by atoms with E-state index >= 15 is 0 Å². The lowest BCUT2D eigenvalue weighted by Gasteiger charge is -2.14. The molecule has 1 unspecified atom stereocenters. The van der Waals surface area contributed by atoms with Crippen LogP contribution in [-0.2, 0) is 4.79 Å². The van der Waals surface area contributed by atoms with Crippen LogP contribution >= 0.6 is 33.2 Å². The molecular weight excluding hydrogens is 407 g/mol. The molecule has 0 aromatic carbocycles. The van der Waals surface area contributed by atoms with Crippen LogP contribution < -0.4 is 0 Å². The number of halogens is 3. The molecule has 0 aliphatic rings. The second-order valence-corrected chi connectivity index (χ2v) is 16.9. The zero-order valence-corrected chi connectivity index (χ0v) is 19.9. The van der Waals surface area contributed by atoms with Gasteiger partial charge in [-0.15, -0.1) is 33.2 Å². The van der Waals surface area contributed by atoms with Crippen molar-refractivity contribution in [1.29, 1.82) is 0 Å². The van der Waals surface area contributed by atoms with E-state index in [0.717, 1.165) is 12.8 Å². The fourth-order valence-corrected chi connectivity index (χ4v) is 4.97. The van der Waals surface area contributed by atoms with Gasteiger partial charge in [-0.25, -0.2) is 0 Å². The first-order valence-corrected chi connectivity index (χ1v) is 15.9. The molecule has 0 spiro atoms. The number of hydrogen-bond acceptors (Lipinski definition) is 1. The van der Waals surface area contributed by atoms with Crippen LogP contribution in [0.5, 0.6) is 0 Å². The van der Waals surface area contributed by atoms with Crippen LogP contribution in [0.2, 0.25) is 6.04 Å². The van der Waals surface area contributed by atoms with Crippen LogP contribution in [0.4, 0.5) is 0 Å². The fourth-order valence-electron chi connectivity index (χ4n) is 3.31. The van der Waals surface area contributed by atoms with Gasteiger partial charge >= 0.3 is 12.0 Å². The summed E-state index contributed by atoms with van der Waals surface area (Å²) in [6, 6.07) is -2.26. The molecule has 1 N–H and O–H groups in total. The molecule has 0 bridgehead atoms. The maximum Gasteiger partial charge on any atom is 0.341 e. The van der Waals surface area contributed by atoms with Crippen molar-refractivity contribution in [3.05, 3.63) is 0 Å². The number of aliphatic carboxylic acids is 1. The monoisotopic (exact) mass is 444 g/mol. The van der Waals surface area contributed by atoms with Crippen molar-refractivity contribution < 1.29 is 9.90 Å². The van der Waals surface area contributed by atoms with Crippen molar-refractivity contribution in [2.75, 3.05) is 0 Å². The first-order chi connectivity index (χ1) is 12.4. The van der Waals surface area contributed by atoms with Crippen molar-refractivity contribution in [2.24, 2.45) is 5.92 Å². The Kier molecular flexibility index (Phi) is 18.0. The predicted octanol–water partition coefficient (Wildman–Crippen LogP) is 8.60. The van der Waals surface area contributed by atoms with E-state index in [4.69, 9.17) is 33.2 Å². The Morgan fingerprint density at radius 2 is 1.12 bits per heavy atom. The number of carboxylic acid groups (broad SMARTS) is 1. The highest BCUT2D eigenvalue weighted by Gasteiger charge is 2.28. The van der Waals surface area contributed by atoms with Crippen LogP contribution in [-0.4, -0.2) is 17.1 Å². The largest absolute Gasteiger partial charge is 0.481 e. The van der Waals surface area contributed by atoms with E-state index in [2.05, 4.69) is 6.92 Å². The topological polar surface area (TPSA) is 37.3 Å². The lowest BCUT2D eigenvalue weighted by atomic mass is 9.98. The van der Waals surface area contributed by atoms with E-state index < -0.39 is 12.0 Å². The third-order valence-corrected chi connectivity index (χ3v) is 7.59. The van der Waals surface area contributed by atoms with Gasteiger partial charge in [0.25, 0.3) is 0 Å². The van der Waals surface area contributed by atoms with Crippen LogP contribution in [0.1, 0.15) is 110 Å². The van der Waals surface area contributed by atoms with E-state index in [-0.39, 0.29) is 5.92 Å². The summed E-state index contributed by atoms with van der Waals surface area (Å²) >= 11 is 17.6. The maximum atomic E-state index is 11.3. The summed E-state index contributed by atoms with van der Waals surface area (Å²) in [5, 5.41) is 9.26. The van der Waals surface area contributed by atoms with Gasteiger partial charge in [0.15, 0.2) is 0 Å². The minimum atomic E-state index is -2.70. The van der Waals surface area contributed by atoms with Gasteiger partial charge in [0, 0.05) is 0 Å². The molecular formula is C20H39Cl3O2Si. The second kappa shape index (κ2) is 17.6. The SMILES string of the molecule is CCCCCCCCCCCCCCCCC(CC[Si](Cl)(Cl)Cl)C(=O)O. The summed E-state index contributed by atoms with van der Waals surface area (Å²) < 4.78 is 0. The summed E-state index contributed by atoms with van der Waals surface area (Å²) in [7, 11) is 0. The Bertz CT molecular complexity index is 336. The smallest absolute Gasteiger partial charge is 0.341 e. The first-order valence-electron chi connectivity index (χ1n) is 10.7. The van der Waals surface area contributed by atoms with Gasteiger partial charge in [-0.2, -0.15) is 0 Å². The van der Waals surface area contributed by atoms with E-state index in [9.17, 15) is 9.90 Å². The molecule has 0 aromatic heterocycles. The normalized spacial score (nSPS) is 13.1. The van der Waals surface area contributed by atoms with Gasteiger partial charge < -0.3 is 5.11 Å². The molecule has 26 heavy (non-hydrogen) atoms. The number of rotatable bonds is 19. The summed E-state index contributed by atoms with van der Waals surface area (Å²) in [5.74, 6) is -1.10. The Hall–Kier alpha value is 0.557. The van der Waals surface area contributed by atoms with Crippen molar-refractivity contribution in [2.45, 2.75) is 116 Å². The Balaban J connectivity index is 3.41. The Morgan fingerprint density at radius 1 is 0.731 bits per heavy atom. The van der Waals surface area contributed by atoms with E-state index in [1.807, 2.05) is 0 Å². The molecule has 0 heterocycles. The van der Waals surface area contributed by atoms with Crippen LogP contribution in [0.3, 0.4) is 0 Å². The lowest BCUT2D eigenvalue weighted by Crippen LogP contribution is -2.18. The average Bonchev–Trinajstić information content (AvgIpc) is 2.56. The highest BCUT2D eigenvalue weighted by Crippen LogP contribution is 2.30. The molecule has 0 saturated heterocycles. The van der Waals surface area contributed by atoms with Crippen LogP contribution in [0.25, 0.3) is 0 Å². The minimum Gasteiger partial charge on any atom is -0.481 e. The van der Waals surface area contributed by atoms with Gasteiger partial charge in [-0.05, 0) is 18.9 Å². The Labute approximate surface area is 176 Å². The standard InChI is InChI=1S/C20H39Cl3O2Si/c1-2-3-4-5-6-7-8-9-10-11-12-13-14-15-16-19(20(24)25)17-18-26(21,22)23/h19H,2-18H2,1H3,(H,24,25). The van der Waals surface area contributed by atoms with E-state index in [0.29, 0.717) is 18.9 Å². The highest BCUT2D eigenvalue weighted by atomic mass is 35.8. The molecule has 0 radical (unpaired) electrons. The predicted molar refractivity (Wildman–Crippen MR) is 119 cm³/mol. The first kappa shape index (κ1) is 26.6. The number of unbranched alkanes of at least 4 members (excludes halogenated alkanes) is 13. The van der Waals surface area contributed by atoms with Crippen molar-refractivity contribution in [3.63, 3.8) is 0 Å². The maximum absolute atomic E-state index is 11.3. The quantitative estimate of drug-likeness (QED) is 0.123. The minimum absolute atomic E-state index is 0.351. The van der Waals surface area contributed by atoms with Crippen molar-refractivity contribution in [3.8, 4) is 0 Å². The van der Waals surface area contributed by atoms with Crippen molar-refractivity contribution in [1.82, 2.24) is 0 Å². The molecule has 0 aliphatic heterocycles. The number of carboxylic acids is 1. The third kappa shape index (κ3) is 19.3. The molecule has 2 nitrogen and oxygen atoms in total.